The summed E-state index contributed by atoms with van der Waals surface area (Å²) in [6.45, 7) is -0.0271. The van der Waals surface area contributed by atoms with Crippen molar-refractivity contribution in [3.05, 3.63) is 35.1 Å². The van der Waals surface area contributed by atoms with E-state index in [2.05, 4.69) is 41.1 Å². The zero-order chi connectivity index (χ0) is 27.8. The zero-order valence-electron chi connectivity index (χ0n) is 18.8. The third-order valence-electron chi connectivity index (χ3n) is 5.22. The Labute approximate surface area is 218 Å². The number of nitrogens with two attached hydrogens (primary N) is 2. The Morgan fingerprint density at radius 1 is 1.13 bits per heavy atom. The zero-order valence-corrected chi connectivity index (χ0v) is 20.4. The highest BCUT2D eigenvalue weighted by atomic mass is 79.9. The molecule has 0 bridgehead atoms. The van der Waals surface area contributed by atoms with Gasteiger partial charge in [-0.1, -0.05) is 0 Å². The predicted molar refractivity (Wildman–Crippen MR) is 126 cm³/mol. The highest BCUT2D eigenvalue weighted by molar-refractivity contribution is 9.10. The van der Waals surface area contributed by atoms with Gasteiger partial charge in [-0.25, -0.2) is 19.7 Å². The lowest BCUT2D eigenvalue weighted by Crippen LogP contribution is -2.35. The number of anilines is 2. The Morgan fingerprint density at radius 2 is 1.84 bits per heavy atom. The van der Waals surface area contributed by atoms with Gasteiger partial charge >= 0.3 is 12.1 Å². The van der Waals surface area contributed by atoms with Crippen LogP contribution in [0.25, 0.3) is 22.4 Å². The largest absolute Gasteiger partial charge is 0.491 e. The van der Waals surface area contributed by atoms with E-state index < -0.39 is 36.7 Å². The lowest BCUT2D eigenvalue weighted by Gasteiger charge is -2.17. The van der Waals surface area contributed by atoms with Crippen LogP contribution in [0.4, 0.5) is 24.8 Å². The van der Waals surface area contributed by atoms with E-state index in [9.17, 15) is 23.4 Å². The summed E-state index contributed by atoms with van der Waals surface area (Å²) in [5, 5.41) is 37.1. The van der Waals surface area contributed by atoms with Gasteiger partial charge in [-0.2, -0.15) is 13.2 Å². The minimum absolute atomic E-state index is 0.0271. The number of pyridine rings is 1. The van der Waals surface area contributed by atoms with Crippen molar-refractivity contribution in [2.45, 2.75) is 30.7 Å². The van der Waals surface area contributed by atoms with E-state index in [1.165, 1.54) is 6.33 Å². The first-order chi connectivity index (χ1) is 17.8. The van der Waals surface area contributed by atoms with E-state index in [-0.39, 0.29) is 18.2 Å². The molecule has 7 N–H and O–H groups in total. The molecule has 1 fully saturated rings. The Hall–Kier alpha value is -3.87. The number of carbonyl (C=O) groups is 1. The number of aliphatic hydroxyl groups excluding tert-OH is 2. The molecule has 14 nitrogen and oxygen atoms in total. The van der Waals surface area contributed by atoms with Crippen molar-refractivity contribution in [1.82, 2.24) is 29.9 Å². The van der Waals surface area contributed by atoms with Gasteiger partial charge < -0.3 is 36.3 Å². The summed E-state index contributed by atoms with van der Waals surface area (Å²) in [7, 11) is 0. The van der Waals surface area contributed by atoms with E-state index in [0.29, 0.717) is 27.3 Å². The van der Waals surface area contributed by atoms with Crippen LogP contribution in [0.15, 0.2) is 35.1 Å². The molecule has 1 saturated heterocycles. The van der Waals surface area contributed by atoms with Crippen molar-refractivity contribution in [3.63, 3.8) is 0 Å². The van der Waals surface area contributed by atoms with E-state index in [1.807, 2.05) is 12.1 Å². The van der Waals surface area contributed by atoms with Crippen molar-refractivity contribution in [2.24, 2.45) is 0 Å². The maximum absolute atomic E-state index is 10.6. The van der Waals surface area contributed by atoms with Crippen LogP contribution in [0, 0.1) is 0 Å². The fraction of sp³-hybridized carbons (Fsp3) is 0.300. The number of aromatic nitrogens is 6. The molecule has 1 aromatic carbocycles. The Kier molecular flexibility index (Phi) is 7.49. The highest BCUT2D eigenvalue weighted by Crippen LogP contribution is 2.31. The number of imidazole rings is 1. The number of rotatable bonds is 4. The number of fused-ring (bicyclic) bond motifs is 2. The maximum Gasteiger partial charge on any atom is 0.490 e. The molecule has 4 atom stereocenters. The smallest absolute Gasteiger partial charge is 0.490 e. The Morgan fingerprint density at radius 3 is 2.53 bits per heavy atom. The molecule has 0 aliphatic carbocycles. The molecular formula is C20H18BrF3N8O6. The minimum atomic E-state index is -5.08. The summed E-state index contributed by atoms with van der Waals surface area (Å²) in [5.41, 5.74) is 12.7. The number of carboxylic acid groups (broad SMARTS) is 1. The predicted octanol–water partition coefficient (Wildman–Crippen LogP) is 0.980. The topological polar surface area (TPSA) is 218 Å². The first-order valence-electron chi connectivity index (χ1n) is 10.5. The molecule has 4 heterocycles. The van der Waals surface area contributed by atoms with Gasteiger partial charge in [0.2, 0.25) is 5.82 Å². The van der Waals surface area contributed by atoms with Gasteiger partial charge in [0.05, 0.1) is 9.99 Å². The summed E-state index contributed by atoms with van der Waals surface area (Å²) in [5.74, 6) is -1.54. The summed E-state index contributed by atoms with van der Waals surface area (Å²) < 4.78 is 44.0. The van der Waals surface area contributed by atoms with Gasteiger partial charge in [-0.3, -0.25) is 0 Å². The van der Waals surface area contributed by atoms with Crippen LogP contribution in [0.5, 0.6) is 5.75 Å². The van der Waals surface area contributed by atoms with Gasteiger partial charge in [0, 0.05) is 11.5 Å². The van der Waals surface area contributed by atoms with E-state index in [0.717, 1.165) is 10.2 Å². The maximum atomic E-state index is 10.6. The molecule has 0 amide bonds. The van der Waals surface area contributed by atoms with E-state index >= 15 is 0 Å². The number of halogens is 4. The van der Waals surface area contributed by atoms with Crippen LogP contribution in [0.3, 0.4) is 0 Å². The number of nitrogens with zero attached hydrogens (tertiary/aromatic N) is 6. The average molecular weight is 603 g/mol. The molecule has 0 saturated carbocycles. The third kappa shape index (κ3) is 5.67. The van der Waals surface area contributed by atoms with Crippen LogP contribution < -0.4 is 16.2 Å². The fourth-order valence-corrected chi connectivity index (χ4v) is 3.70. The number of alkyl halides is 3. The molecule has 18 heteroatoms. The first kappa shape index (κ1) is 27.2. The number of aliphatic carboxylic acids is 1. The summed E-state index contributed by atoms with van der Waals surface area (Å²) in [6.07, 6.45) is -8.20. The number of ether oxygens (including phenoxy) is 2. The molecule has 38 heavy (non-hydrogen) atoms. The van der Waals surface area contributed by atoms with Crippen molar-refractivity contribution >= 4 is 44.4 Å². The molecule has 0 spiro atoms. The van der Waals surface area contributed by atoms with Crippen molar-refractivity contribution in [3.8, 4) is 17.3 Å². The van der Waals surface area contributed by atoms with E-state index in [1.54, 1.807) is 12.1 Å². The number of hydrogen-bond acceptors (Lipinski definition) is 12. The van der Waals surface area contributed by atoms with Gasteiger partial charge in [0.1, 0.15) is 42.8 Å². The summed E-state index contributed by atoms with van der Waals surface area (Å²) >= 11 is 3.35. The standard InChI is InChI=1S/C18H17BrN8O4.C2HF3O2/c19-9-3-7-1-2-8(4-10(7)24-15(9)20)30-5-11-13(28)14(29)18(31-11)27-25-16(21)12-17(26-27)23-6-22-12;3-2(4,5)1(6)7/h1-4,6,11,13-14,18,28-29H,5H2,(H2,20,24)(H2,21,25);(H,6,7)/t11-,13-,14-,18-;/m1./s1. The lowest BCUT2D eigenvalue weighted by molar-refractivity contribution is -0.192. The third-order valence-corrected chi connectivity index (χ3v) is 5.86. The summed E-state index contributed by atoms with van der Waals surface area (Å²) in [4.78, 5) is 22.2. The highest BCUT2D eigenvalue weighted by Gasteiger charge is 2.45. The molecule has 5 rings (SSSR count). The average Bonchev–Trinajstić information content (AvgIpc) is 3.43. The molecule has 1 aromatic heterocycles. The van der Waals surface area contributed by atoms with Gasteiger partial charge in [0.15, 0.2) is 17.7 Å². The van der Waals surface area contributed by atoms with Crippen molar-refractivity contribution in [2.75, 3.05) is 18.1 Å². The number of carboxylic acids is 1. The normalized spacial score (nSPS) is 21.3. The number of hydrogen-bond donors (Lipinski definition) is 5. The minimum Gasteiger partial charge on any atom is -0.491 e. The number of aliphatic hydroxyl groups is 2. The van der Waals surface area contributed by atoms with E-state index in [4.69, 9.17) is 30.8 Å². The van der Waals surface area contributed by atoms with Crippen LogP contribution in [-0.4, -0.2) is 82.3 Å². The second kappa shape index (κ2) is 10.5. The molecule has 202 valence electrons. The van der Waals surface area contributed by atoms with Crippen LogP contribution in [-0.2, 0) is 9.53 Å². The quantitative estimate of drug-likeness (QED) is 0.220. The van der Waals surface area contributed by atoms with Crippen molar-refractivity contribution < 1.29 is 42.8 Å². The van der Waals surface area contributed by atoms with Gasteiger partial charge in [-0.15, -0.1) is 15.0 Å². The molecule has 3 aliphatic heterocycles. The molecular weight excluding hydrogens is 585 g/mol. The van der Waals surface area contributed by atoms with Gasteiger partial charge in [0.25, 0.3) is 0 Å². The van der Waals surface area contributed by atoms with Crippen LogP contribution in [0.1, 0.15) is 6.23 Å². The molecule has 0 radical (unpaired) electrons. The van der Waals surface area contributed by atoms with Crippen LogP contribution >= 0.6 is 15.9 Å². The number of benzene rings is 1. The SMILES string of the molecule is Nc1nc2cc(OC[C@H]3O[C@@H](n4nc5ncnc-5c(N)n4)[C@H](O)[C@@H]3O)ccc2cc1Br.O=C(O)C(F)(F)F. The van der Waals surface area contributed by atoms with Crippen molar-refractivity contribution in [1.29, 1.82) is 0 Å². The second-order valence-corrected chi connectivity index (χ2v) is 8.68. The summed E-state index contributed by atoms with van der Waals surface area (Å²) in [6, 6.07) is 7.20. The first-order valence-corrected chi connectivity index (χ1v) is 11.3. The molecule has 2 aromatic rings. The lowest BCUT2D eigenvalue weighted by atomic mass is 10.1. The molecule has 0 unspecified atom stereocenters. The number of nitrogen functional groups attached to an aromatic ring is 2. The molecule has 3 aliphatic rings. The Balaban J connectivity index is 0.000000426. The van der Waals surface area contributed by atoms with Gasteiger partial charge in [-0.05, 0) is 34.1 Å². The second-order valence-electron chi connectivity index (χ2n) is 7.82. The van der Waals surface area contributed by atoms with Crippen LogP contribution in [0.2, 0.25) is 0 Å². The Bertz CT molecular complexity index is 1440. The fourth-order valence-electron chi connectivity index (χ4n) is 3.37. The monoisotopic (exact) mass is 602 g/mol.